The predicted molar refractivity (Wildman–Crippen MR) is 62.6 cm³/mol. The van der Waals surface area contributed by atoms with Crippen molar-refractivity contribution in [3.63, 3.8) is 0 Å². The summed E-state index contributed by atoms with van der Waals surface area (Å²) in [6.07, 6.45) is 0. The Bertz CT molecular complexity index is 531. The number of carboxylic acids is 1. The van der Waals surface area contributed by atoms with Gasteiger partial charge >= 0.3 is 5.97 Å². The van der Waals surface area contributed by atoms with Crippen LogP contribution in [0.2, 0.25) is 10.0 Å². The number of hydrogen-bond donors (Lipinski definition) is 1. The number of carboxylic acid groups (broad SMARTS) is 1. The Morgan fingerprint density at radius 2 is 1.76 bits per heavy atom. The van der Waals surface area contributed by atoms with E-state index in [1.807, 2.05) is 0 Å². The van der Waals surface area contributed by atoms with E-state index < -0.39 is 21.6 Å². The van der Waals surface area contributed by atoms with Gasteiger partial charge in [0.2, 0.25) is 0 Å². The molecule has 0 saturated carbocycles. The molecule has 0 spiro atoms. The molecular weight excluding hydrogens is 315 g/mol. The highest BCUT2D eigenvalue weighted by Gasteiger charge is 2.17. The second-order valence-corrected chi connectivity index (χ2v) is 6.22. The van der Waals surface area contributed by atoms with Gasteiger partial charge in [-0.2, -0.15) is 0 Å². The molecule has 0 aliphatic carbocycles. The molecule has 1 rings (SSSR count). The van der Waals surface area contributed by atoms with E-state index in [0.717, 1.165) is 12.1 Å². The number of ether oxygens (including phenoxy) is 1. The van der Waals surface area contributed by atoms with Gasteiger partial charge in [0.05, 0.1) is 14.9 Å². The average molecular weight is 320 g/mol. The van der Waals surface area contributed by atoms with Crippen LogP contribution in [0.5, 0.6) is 5.75 Å². The monoisotopic (exact) mass is 318 g/mol. The number of aliphatic carboxylic acids is 1. The highest BCUT2D eigenvalue weighted by molar-refractivity contribution is 8.13. The first-order chi connectivity index (χ1) is 7.71. The van der Waals surface area contributed by atoms with Crippen molar-refractivity contribution in [1.29, 1.82) is 0 Å². The molecule has 0 saturated heterocycles. The van der Waals surface area contributed by atoms with Gasteiger partial charge in [0.15, 0.2) is 12.4 Å². The number of rotatable bonds is 4. The predicted octanol–water partition coefficient (Wildman–Crippen LogP) is 2.38. The Morgan fingerprint density at radius 3 is 2.12 bits per heavy atom. The molecule has 1 N–H and O–H groups in total. The molecule has 0 unspecified atom stereocenters. The van der Waals surface area contributed by atoms with Gasteiger partial charge < -0.3 is 9.84 Å². The Balaban J connectivity index is 3.15. The molecule has 0 fully saturated rings. The van der Waals surface area contributed by atoms with Crippen LogP contribution in [-0.4, -0.2) is 26.1 Å². The van der Waals surface area contributed by atoms with Gasteiger partial charge in [-0.3, -0.25) is 0 Å². The van der Waals surface area contributed by atoms with Gasteiger partial charge in [-0.05, 0) is 12.1 Å². The molecule has 0 bridgehead atoms. The fourth-order valence-electron chi connectivity index (χ4n) is 0.949. The Kier molecular flexibility index (Phi) is 4.48. The summed E-state index contributed by atoms with van der Waals surface area (Å²) in [5.41, 5.74) is 0. The number of halogens is 3. The Morgan fingerprint density at radius 1 is 1.29 bits per heavy atom. The largest absolute Gasteiger partial charge is 0.479 e. The molecule has 0 heterocycles. The summed E-state index contributed by atoms with van der Waals surface area (Å²) < 4.78 is 26.9. The van der Waals surface area contributed by atoms with Crippen molar-refractivity contribution < 1.29 is 23.1 Å². The maximum Gasteiger partial charge on any atom is 0.341 e. The van der Waals surface area contributed by atoms with E-state index in [1.165, 1.54) is 0 Å². The van der Waals surface area contributed by atoms with E-state index >= 15 is 0 Å². The van der Waals surface area contributed by atoms with Crippen LogP contribution in [0.15, 0.2) is 17.0 Å². The van der Waals surface area contributed by atoms with Crippen molar-refractivity contribution in [1.82, 2.24) is 0 Å². The summed E-state index contributed by atoms with van der Waals surface area (Å²) in [6, 6.07) is 2.04. The quantitative estimate of drug-likeness (QED) is 0.862. The van der Waals surface area contributed by atoms with Crippen molar-refractivity contribution in [3.8, 4) is 5.75 Å². The summed E-state index contributed by atoms with van der Waals surface area (Å²) in [4.78, 5) is 10.00. The van der Waals surface area contributed by atoms with E-state index in [0.29, 0.717) is 0 Å². The first-order valence-electron chi connectivity index (χ1n) is 4.00. The molecule has 5 nitrogen and oxygen atoms in total. The zero-order valence-corrected chi connectivity index (χ0v) is 11.1. The molecule has 9 heteroatoms. The molecule has 0 aliphatic rings. The molecule has 94 valence electrons. The van der Waals surface area contributed by atoms with Gasteiger partial charge in [-0.15, -0.1) is 0 Å². The molecule has 1 aromatic carbocycles. The molecular formula is C8H5Cl3O5S. The number of hydrogen-bond acceptors (Lipinski definition) is 4. The first kappa shape index (κ1) is 14.4. The number of benzene rings is 1. The SMILES string of the molecule is O=C(O)COc1c(Cl)cc(S(=O)(=O)Cl)cc1Cl. The lowest BCUT2D eigenvalue weighted by Crippen LogP contribution is -2.10. The molecule has 1 aromatic rings. The van der Waals surface area contributed by atoms with E-state index in [4.69, 9.17) is 43.7 Å². The summed E-state index contributed by atoms with van der Waals surface area (Å²) in [5, 5.41) is 8.13. The normalized spacial score (nSPS) is 11.2. The minimum Gasteiger partial charge on any atom is -0.479 e. The van der Waals surface area contributed by atoms with Gasteiger partial charge in [0, 0.05) is 10.7 Å². The van der Waals surface area contributed by atoms with Gasteiger partial charge in [-0.1, -0.05) is 23.2 Å². The molecule has 0 radical (unpaired) electrons. The van der Waals surface area contributed by atoms with E-state index in [1.54, 1.807) is 0 Å². The molecule has 17 heavy (non-hydrogen) atoms. The van der Waals surface area contributed by atoms with Crippen LogP contribution in [0.4, 0.5) is 0 Å². The summed E-state index contributed by atoms with van der Waals surface area (Å²) >= 11 is 11.4. The van der Waals surface area contributed by atoms with Crippen molar-refractivity contribution in [2.75, 3.05) is 6.61 Å². The molecule has 0 amide bonds. The lowest BCUT2D eigenvalue weighted by Gasteiger charge is -2.08. The van der Waals surface area contributed by atoms with Crippen molar-refractivity contribution in [2.24, 2.45) is 0 Å². The molecule has 0 aliphatic heterocycles. The average Bonchev–Trinajstić information content (AvgIpc) is 2.14. The number of carbonyl (C=O) groups is 1. The van der Waals surface area contributed by atoms with E-state index in [-0.39, 0.29) is 20.7 Å². The second-order valence-electron chi connectivity index (χ2n) is 2.84. The van der Waals surface area contributed by atoms with E-state index in [9.17, 15) is 13.2 Å². The first-order valence-corrected chi connectivity index (χ1v) is 7.06. The fraction of sp³-hybridized carbons (Fsp3) is 0.125. The van der Waals surface area contributed by atoms with Crippen LogP contribution >= 0.6 is 33.9 Å². The summed E-state index contributed by atoms with van der Waals surface area (Å²) in [7, 11) is 1.14. The van der Waals surface area contributed by atoms with Crippen LogP contribution in [-0.2, 0) is 13.8 Å². The zero-order chi connectivity index (χ0) is 13.2. The van der Waals surface area contributed by atoms with Gasteiger partial charge in [0.25, 0.3) is 9.05 Å². The van der Waals surface area contributed by atoms with Crippen molar-refractivity contribution in [3.05, 3.63) is 22.2 Å². The Hall–Kier alpha value is -0.690. The third-order valence-electron chi connectivity index (χ3n) is 1.59. The third-order valence-corrected chi connectivity index (χ3v) is 3.49. The zero-order valence-electron chi connectivity index (χ0n) is 7.98. The van der Waals surface area contributed by atoms with Crippen LogP contribution < -0.4 is 4.74 Å². The molecule has 0 atom stereocenters. The van der Waals surface area contributed by atoms with Crippen molar-refractivity contribution in [2.45, 2.75) is 4.90 Å². The van der Waals surface area contributed by atoms with Crippen LogP contribution in [0.1, 0.15) is 0 Å². The smallest absolute Gasteiger partial charge is 0.341 e. The van der Waals surface area contributed by atoms with Crippen LogP contribution in [0.3, 0.4) is 0 Å². The standard InChI is InChI=1S/C8H5Cl3O5S/c9-5-1-4(17(11,14)15)2-6(10)8(5)16-3-7(12)13/h1-2H,3H2,(H,12,13). The van der Waals surface area contributed by atoms with Gasteiger partial charge in [0.1, 0.15) is 0 Å². The fourth-order valence-corrected chi connectivity index (χ4v) is 2.46. The maximum absolute atomic E-state index is 11.0. The lowest BCUT2D eigenvalue weighted by atomic mass is 10.3. The van der Waals surface area contributed by atoms with Crippen molar-refractivity contribution >= 4 is 48.9 Å². The minimum absolute atomic E-state index is 0.111. The summed E-state index contributed by atoms with van der Waals surface area (Å²) in [5.74, 6) is -1.33. The lowest BCUT2D eigenvalue weighted by molar-refractivity contribution is -0.139. The minimum atomic E-state index is -3.96. The summed E-state index contributed by atoms with van der Waals surface area (Å²) in [6.45, 7) is -0.646. The maximum atomic E-state index is 11.0. The van der Waals surface area contributed by atoms with Crippen LogP contribution in [0.25, 0.3) is 0 Å². The van der Waals surface area contributed by atoms with E-state index in [2.05, 4.69) is 0 Å². The third kappa shape index (κ3) is 3.92. The highest BCUT2D eigenvalue weighted by Crippen LogP contribution is 2.36. The molecule has 0 aromatic heterocycles. The van der Waals surface area contributed by atoms with Crippen LogP contribution in [0, 0.1) is 0 Å². The second kappa shape index (κ2) is 5.30. The Labute approximate surface area is 111 Å². The van der Waals surface area contributed by atoms with Gasteiger partial charge in [-0.25, -0.2) is 13.2 Å². The topological polar surface area (TPSA) is 80.7 Å². The highest BCUT2D eigenvalue weighted by atomic mass is 35.7.